The molecule has 1 aromatic carbocycles. The van der Waals surface area contributed by atoms with Crippen LogP contribution in [0.5, 0.6) is 0 Å². The lowest BCUT2D eigenvalue weighted by atomic mass is 10.1. The molecule has 3 aromatic rings. The number of fused-ring (bicyclic) bond motifs is 1. The van der Waals surface area contributed by atoms with Crippen LogP contribution in [0.15, 0.2) is 22.7 Å². The molecule has 0 saturated carbocycles. The van der Waals surface area contributed by atoms with E-state index in [0.29, 0.717) is 12.6 Å². The van der Waals surface area contributed by atoms with Crippen LogP contribution in [0.3, 0.4) is 0 Å². The molecule has 7 nitrogen and oxygen atoms in total. The SMILES string of the molecule is Cc1cc(C)c2oc(N3CCC[C@H](n4cc(CN)nn4)C3)nc2c1. The summed E-state index contributed by atoms with van der Waals surface area (Å²) in [5.41, 5.74) is 10.6. The molecule has 0 spiro atoms. The minimum atomic E-state index is 0.268. The lowest BCUT2D eigenvalue weighted by molar-refractivity contribution is 0.357. The number of nitrogens with zero attached hydrogens (tertiary/aromatic N) is 5. The predicted molar refractivity (Wildman–Crippen MR) is 91.9 cm³/mol. The third kappa shape index (κ3) is 2.65. The molecule has 0 unspecified atom stereocenters. The molecule has 0 amide bonds. The first-order valence-electron chi connectivity index (χ1n) is 8.37. The Morgan fingerprint density at radius 3 is 3.00 bits per heavy atom. The molecule has 1 saturated heterocycles. The second-order valence-electron chi connectivity index (χ2n) is 6.56. The summed E-state index contributed by atoms with van der Waals surface area (Å²) in [4.78, 5) is 6.90. The molecular weight excluding hydrogens is 304 g/mol. The summed E-state index contributed by atoms with van der Waals surface area (Å²) in [7, 11) is 0. The van der Waals surface area contributed by atoms with E-state index in [9.17, 15) is 0 Å². The highest BCUT2D eigenvalue weighted by Crippen LogP contribution is 2.30. The molecule has 0 aliphatic carbocycles. The second kappa shape index (κ2) is 5.90. The van der Waals surface area contributed by atoms with Crippen LogP contribution in [0.4, 0.5) is 6.01 Å². The number of rotatable bonds is 3. The Bertz CT molecular complexity index is 867. The van der Waals surface area contributed by atoms with Crippen LogP contribution in [0.25, 0.3) is 11.1 Å². The van der Waals surface area contributed by atoms with Crippen molar-refractivity contribution in [1.29, 1.82) is 0 Å². The van der Waals surface area contributed by atoms with Crippen LogP contribution in [-0.2, 0) is 6.54 Å². The first kappa shape index (κ1) is 15.1. The summed E-state index contributed by atoms with van der Waals surface area (Å²) in [6.45, 7) is 6.32. The molecule has 1 aliphatic heterocycles. The Morgan fingerprint density at radius 1 is 1.33 bits per heavy atom. The van der Waals surface area contributed by atoms with Gasteiger partial charge in [-0.25, -0.2) is 4.68 Å². The molecule has 1 atom stereocenters. The van der Waals surface area contributed by atoms with Crippen molar-refractivity contribution in [3.63, 3.8) is 0 Å². The van der Waals surface area contributed by atoms with Crippen LogP contribution < -0.4 is 10.6 Å². The highest BCUT2D eigenvalue weighted by molar-refractivity contribution is 5.78. The lowest BCUT2D eigenvalue weighted by Crippen LogP contribution is -2.37. The number of anilines is 1. The summed E-state index contributed by atoms with van der Waals surface area (Å²) in [5, 5.41) is 8.31. The molecule has 1 aliphatic rings. The van der Waals surface area contributed by atoms with Crippen molar-refractivity contribution < 1.29 is 4.42 Å². The fourth-order valence-electron chi connectivity index (χ4n) is 3.43. The molecule has 1 fully saturated rings. The molecule has 4 rings (SSSR count). The fourth-order valence-corrected chi connectivity index (χ4v) is 3.43. The topological polar surface area (TPSA) is 86.0 Å². The lowest BCUT2D eigenvalue weighted by Gasteiger charge is -2.31. The van der Waals surface area contributed by atoms with E-state index < -0.39 is 0 Å². The number of aromatic nitrogens is 4. The van der Waals surface area contributed by atoms with Gasteiger partial charge in [-0.15, -0.1) is 5.10 Å². The maximum atomic E-state index is 6.05. The molecule has 2 N–H and O–H groups in total. The van der Waals surface area contributed by atoms with Crippen molar-refractivity contribution in [1.82, 2.24) is 20.0 Å². The zero-order chi connectivity index (χ0) is 16.7. The Kier molecular flexibility index (Phi) is 3.72. The normalized spacial score (nSPS) is 18.5. The first-order valence-corrected chi connectivity index (χ1v) is 8.37. The van der Waals surface area contributed by atoms with E-state index in [4.69, 9.17) is 15.1 Å². The van der Waals surface area contributed by atoms with Gasteiger partial charge < -0.3 is 15.1 Å². The molecule has 7 heteroatoms. The van der Waals surface area contributed by atoms with E-state index in [1.165, 1.54) is 5.56 Å². The number of benzene rings is 1. The number of piperidine rings is 1. The monoisotopic (exact) mass is 326 g/mol. The van der Waals surface area contributed by atoms with Crippen LogP contribution in [0.2, 0.25) is 0 Å². The zero-order valence-electron chi connectivity index (χ0n) is 14.1. The van der Waals surface area contributed by atoms with Crippen molar-refractivity contribution >= 4 is 17.1 Å². The minimum absolute atomic E-state index is 0.268. The number of hydrogen-bond acceptors (Lipinski definition) is 6. The van der Waals surface area contributed by atoms with E-state index in [0.717, 1.165) is 48.3 Å². The van der Waals surface area contributed by atoms with Crippen molar-refractivity contribution in [3.05, 3.63) is 35.2 Å². The third-order valence-corrected chi connectivity index (χ3v) is 4.62. The van der Waals surface area contributed by atoms with Crippen molar-refractivity contribution in [3.8, 4) is 0 Å². The molecule has 0 radical (unpaired) electrons. The second-order valence-corrected chi connectivity index (χ2v) is 6.56. The molecule has 126 valence electrons. The molecule has 2 aromatic heterocycles. The van der Waals surface area contributed by atoms with E-state index in [1.54, 1.807) is 0 Å². The van der Waals surface area contributed by atoms with E-state index in [2.05, 4.69) is 41.2 Å². The standard InChI is InChI=1S/C17H22N6O/c1-11-6-12(2)16-15(7-11)19-17(24-16)22-5-3-4-14(10-22)23-9-13(8-18)20-21-23/h6-7,9,14H,3-5,8,10,18H2,1-2H3/t14-/m0/s1. The van der Waals surface area contributed by atoms with Gasteiger partial charge in [-0.1, -0.05) is 11.3 Å². The van der Waals surface area contributed by atoms with Gasteiger partial charge in [-0.2, -0.15) is 4.98 Å². The average molecular weight is 326 g/mol. The van der Waals surface area contributed by atoms with Gasteiger partial charge in [-0.05, 0) is 43.9 Å². The first-order chi connectivity index (χ1) is 11.6. The Balaban J connectivity index is 1.60. The Hall–Kier alpha value is -2.41. The molecule has 3 heterocycles. The van der Waals surface area contributed by atoms with E-state index >= 15 is 0 Å². The van der Waals surface area contributed by atoms with Crippen LogP contribution in [0.1, 0.15) is 35.7 Å². The Labute approximate surface area is 140 Å². The van der Waals surface area contributed by atoms with Gasteiger partial charge in [0.15, 0.2) is 5.58 Å². The third-order valence-electron chi connectivity index (χ3n) is 4.62. The molecule has 0 bridgehead atoms. The highest BCUT2D eigenvalue weighted by atomic mass is 16.4. The van der Waals surface area contributed by atoms with Gasteiger partial charge in [0.2, 0.25) is 0 Å². The number of oxazole rings is 1. The summed E-state index contributed by atoms with van der Waals surface area (Å²) >= 11 is 0. The largest absolute Gasteiger partial charge is 0.423 e. The number of nitrogens with two attached hydrogens (primary N) is 1. The maximum absolute atomic E-state index is 6.05. The van der Waals surface area contributed by atoms with Crippen LogP contribution >= 0.6 is 0 Å². The predicted octanol–water partition coefficient (Wildman–Crippen LogP) is 2.34. The van der Waals surface area contributed by atoms with Crippen molar-refractivity contribution in [2.24, 2.45) is 5.73 Å². The van der Waals surface area contributed by atoms with E-state index in [1.807, 2.05) is 10.9 Å². The van der Waals surface area contributed by atoms with Crippen LogP contribution in [-0.4, -0.2) is 33.1 Å². The minimum Gasteiger partial charge on any atom is -0.423 e. The summed E-state index contributed by atoms with van der Waals surface area (Å²) in [5.74, 6) is 0. The smallest absolute Gasteiger partial charge is 0.298 e. The van der Waals surface area contributed by atoms with Crippen LogP contribution in [0, 0.1) is 13.8 Å². The van der Waals surface area contributed by atoms with Gasteiger partial charge in [-0.3, -0.25) is 0 Å². The van der Waals surface area contributed by atoms with Crippen molar-refractivity contribution in [2.45, 2.75) is 39.3 Å². The van der Waals surface area contributed by atoms with E-state index in [-0.39, 0.29) is 6.04 Å². The number of hydrogen-bond donors (Lipinski definition) is 1. The van der Waals surface area contributed by atoms with Gasteiger partial charge >= 0.3 is 0 Å². The molecule has 24 heavy (non-hydrogen) atoms. The maximum Gasteiger partial charge on any atom is 0.298 e. The van der Waals surface area contributed by atoms with Crippen molar-refractivity contribution in [2.75, 3.05) is 18.0 Å². The van der Waals surface area contributed by atoms with Gasteiger partial charge in [0.1, 0.15) is 5.52 Å². The summed E-state index contributed by atoms with van der Waals surface area (Å²) < 4.78 is 7.98. The number of aryl methyl sites for hydroxylation is 2. The Morgan fingerprint density at radius 2 is 2.21 bits per heavy atom. The highest BCUT2D eigenvalue weighted by Gasteiger charge is 2.25. The zero-order valence-corrected chi connectivity index (χ0v) is 14.1. The van der Waals surface area contributed by atoms with Gasteiger partial charge in [0.05, 0.1) is 17.9 Å². The summed E-state index contributed by atoms with van der Waals surface area (Å²) in [6, 6.07) is 5.16. The van der Waals surface area contributed by atoms with Gasteiger partial charge in [0, 0.05) is 19.6 Å². The average Bonchev–Trinajstić information content (AvgIpc) is 3.21. The molecular formula is C17H22N6O. The quantitative estimate of drug-likeness (QED) is 0.795. The van der Waals surface area contributed by atoms with Gasteiger partial charge in [0.25, 0.3) is 6.01 Å². The fraction of sp³-hybridized carbons (Fsp3) is 0.471. The summed E-state index contributed by atoms with van der Waals surface area (Å²) in [6.07, 6.45) is 4.08.